The lowest BCUT2D eigenvalue weighted by molar-refractivity contribution is -0.115. The molecule has 0 heterocycles. The van der Waals surface area contributed by atoms with Crippen LogP contribution in [0.25, 0.3) is 0 Å². The van der Waals surface area contributed by atoms with Crippen LogP contribution >= 0.6 is 0 Å². The Labute approximate surface area is 61.5 Å². The van der Waals surface area contributed by atoms with Crippen LogP contribution in [-0.2, 0) is 4.79 Å². The Morgan fingerprint density at radius 2 is 2.10 bits per heavy atom. The first-order chi connectivity index (χ1) is 4.59. The summed E-state index contributed by atoms with van der Waals surface area (Å²) >= 11 is 0. The number of rotatable bonds is 3. The van der Waals surface area contributed by atoms with E-state index in [4.69, 9.17) is 5.73 Å². The molecule has 0 bridgehead atoms. The number of carbonyl (C=O) groups excluding carboxylic acids is 1. The predicted molar refractivity (Wildman–Crippen MR) is 41.3 cm³/mol. The summed E-state index contributed by atoms with van der Waals surface area (Å²) in [7, 11) is 3.60. The highest BCUT2D eigenvalue weighted by Crippen LogP contribution is 1.97. The van der Waals surface area contributed by atoms with Gasteiger partial charge in [0.05, 0.1) is 5.70 Å². The maximum absolute atomic E-state index is 10.6. The van der Waals surface area contributed by atoms with Gasteiger partial charge in [-0.05, 0) is 6.42 Å². The summed E-state index contributed by atoms with van der Waals surface area (Å²) in [5, 5.41) is 0. The maximum atomic E-state index is 10.6. The molecule has 0 aliphatic heterocycles. The lowest BCUT2D eigenvalue weighted by Crippen LogP contribution is -2.25. The van der Waals surface area contributed by atoms with Crippen LogP contribution in [0.4, 0.5) is 0 Å². The first-order valence-corrected chi connectivity index (χ1v) is 3.26. The number of hydrogen-bond acceptors (Lipinski definition) is 2. The second-order valence-electron chi connectivity index (χ2n) is 2.26. The van der Waals surface area contributed by atoms with Gasteiger partial charge in [-0.25, -0.2) is 0 Å². The van der Waals surface area contributed by atoms with Crippen LogP contribution in [0, 0.1) is 0 Å². The number of amides is 1. The molecule has 0 aliphatic carbocycles. The van der Waals surface area contributed by atoms with Gasteiger partial charge in [-0.2, -0.15) is 0 Å². The van der Waals surface area contributed by atoms with E-state index in [0.717, 1.165) is 6.42 Å². The summed E-state index contributed by atoms with van der Waals surface area (Å²) in [6.45, 7) is 1.96. The SMILES string of the molecule is CC/C=C(\C(N)=O)N(C)C. The molecule has 0 radical (unpaired) electrons. The Balaban J connectivity index is 4.27. The molecule has 0 rings (SSSR count). The number of carbonyl (C=O) groups is 1. The van der Waals surface area contributed by atoms with Crippen molar-refractivity contribution >= 4 is 5.91 Å². The first-order valence-electron chi connectivity index (χ1n) is 3.26. The fraction of sp³-hybridized carbons (Fsp3) is 0.571. The third-order valence-corrected chi connectivity index (χ3v) is 1.13. The highest BCUT2D eigenvalue weighted by molar-refractivity contribution is 5.91. The first kappa shape index (κ1) is 9.01. The summed E-state index contributed by atoms with van der Waals surface area (Å²) in [4.78, 5) is 12.4. The number of likely N-dealkylation sites (N-methyl/N-ethyl adjacent to an activating group) is 1. The number of primary amides is 1. The molecular weight excluding hydrogens is 128 g/mol. The van der Waals surface area contributed by atoms with Crippen LogP contribution in [0.5, 0.6) is 0 Å². The Kier molecular flexibility index (Phi) is 3.54. The molecule has 0 saturated heterocycles. The highest BCUT2D eigenvalue weighted by Gasteiger charge is 2.04. The maximum Gasteiger partial charge on any atom is 0.264 e. The molecule has 0 aromatic heterocycles. The van der Waals surface area contributed by atoms with Crippen molar-refractivity contribution in [3.8, 4) is 0 Å². The molecular formula is C7H14N2O. The van der Waals surface area contributed by atoms with E-state index < -0.39 is 0 Å². The zero-order valence-electron chi connectivity index (χ0n) is 6.72. The number of nitrogens with zero attached hydrogens (tertiary/aromatic N) is 1. The zero-order valence-corrected chi connectivity index (χ0v) is 6.72. The molecule has 0 saturated carbocycles. The zero-order chi connectivity index (χ0) is 8.15. The third kappa shape index (κ3) is 2.53. The lowest BCUT2D eigenvalue weighted by Gasteiger charge is -2.12. The van der Waals surface area contributed by atoms with Crippen LogP contribution in [0.15, 0.2) is 11.8 Å². The van der Waals surface area contributed by atoms with Crippen molar-refractivity contribution in [1.82, 2.24) is 4.90 Å². The molecule has 3 heteroatoms. The summed E-state index contributed by atoms with van der Waals surface area (Å²) in [5.74, 6) is -0.369. The summed E-state index contributed by atoms with van der Waals surface area (Å²) in [6.07, 6.45) is 2.64. The molecule has 0 atom stereocenters. The Morgan fingerprint density at radius 1 is 1.60 bits per heavy atom. The van der Waals surface area contributed by atoms with Gasteiger partial charge in [0, 0.05) is 14.1 Å². The Hall–Kier alpha value is -0.990. The third-order valence-electron chi connectivity index (χ3n) is 1.13. The van der Waals surface area contributed by atoms with E-state index in [1.165, 1.54) is 0 Å². The number of nitrogens with two attached hydrogens (primary N) is 1. The average Bonchev–Trinajstić information content (AvgIpc) is 1.81. The summed E-state index contributed by atoms with van der Waals surface area (Å²) < 4.78 is 0. The highest BCUT2D eigenvalue weighted by atomic mass is 16.1. The van der Waals surface area contributed by atoms with Crippen molar-refractivity contribution in [3.05, 3.63) is 11.8 Å². The van der Waals surface area contributed by atoms with E-state index in [1.54, 1.807) is 19.0 Å². The minimum absolute atomic E-state index is 0.369. The monoisotopic (exact) mass is 142 g/mol. The topological polar surface area (TPSA) is 46.3 Å². The Morgan fingerprint density at radius 3 is 2.20 bits per heavy atom. The van der Waals surface area contributed by atoms with Gasteiger partial charge in [0.25, 0.3) is 5.91 Å². The van der Waals surface area contributed by atoms with E-state index in [0.29, 0.717) is 5.70 Å². The lowest BCUT2D eigenvalue weighted by atomic mass is 10.3. The largest absolute Gasteiger partial charge is 0.373 e. The van der Waals surface area contributed by atoms with Gasteiger partial charge in [0.15, 0.2) is 0 Å². The van der Waals surface area contributed by atoms with Gasteiger partial charge in [-0.15, -0.1) is 0 Å². The van der Waals surface area contributed by atoms with Crippen molar-refractivity contribution in [3.63, 3.8) is 0 Å². The molecule has 0 unspecified atom stereocenters. The molecule has 0 aliphatic rings. The van der Waals surface area contributed by atoms with Crippen molar-refractivity contribution in [2.75, 3.05) is 14.1 Å². The van der Waals surface area contributed by atoms with Gasteiger partial charge < -0.3 is 10.6 Å². The van der Waals surface area contributed by atoms with E-state index in [1.807, 2.05) is 13.0 Å². The van der Waals surface area contributed by atoms with Gasteiger partial charge in [0.1, 0.15) is 0 Å². The smallest absolute Gasteiger partial charge is 0.264 e. The summed E-state index contributed by atoms with van der Waals surface area (Å²) in [6, 6.07) is 0. The number of hydrogen-bond donors (Lipinski definition) is 1. The van der Waals surface area contributed by atoms with Crippen LogP contribution in [0.3, 0.4) is 0 Å². The molecule has 0 spiro atoms. The van der Waals surface area contributed by atoms with Crippen molar-refractivity contribution in [2.24, 2.45) is 5.73 Å². The molecule has 10 heavy (non-hydrogen) atoms. The molecule has 2 N–H and O–H groups in total. The molecule has 3 nitrogen and oxygen atoms in total. The van der Waals surface area contributed by atoms with E-state index in [-0.39, 0.29) is 5.91 Å². The fourth-order valence-electron chi connectivity index (χ4n) is 0.697. The van der Waals surface area contributed by atoms with E-state index in [2.05, 4.69) is 0 Å². The number of allylic oxidation sites excluding steroid dienone is 1. The predicted octanol–water partition coefficient (Wildman–Crippen LogP) is 0.327. The minimum Gasteiger partial charge on any atom is -0.373 e. The molecule has 0 fully saturated rings. The van der Waals surface area contributed by atoms with Crippen LogP contribution in [0.1, 0.15) is 13.3 Å². The quantitative estimate of drug-likeness (QED) is 0.577. The van der Waals surface area contributed by atoms with E-state index in [9.17, 15) is 4.79 Å². The van der Waals surface area contributed by atoms with Crippen LogP contribution in [0.2, 0.25) is 0 Å². The molecule has 1 amide bonds. The van der Waals surface area contributed by atoms with Gasteiger partial charge >= 0.3 is 0 Å². The van der Waals surface area contributed by atoms with Crippen LogP contribution < -0.4 is 5.73 Å². The van der Waals surface area contributed by atoms with Gasteiger partial charge in [0.2, 0.25) is 0 Å². The normalized spacial score (nSPS) is 11.3. The summed E-state index contributed by atoms with van der Waals surface area (Å²) in [5.41, 5.74) is 5.65. The van der Waals surface area contributed by atoms with Crippen molar-refractivity contribution in [2.45, 2.75) is 13.3 Å². The molecule has 0 aromatic carbocycles. The fourth-order valence-corrected chi connectivity index (χ4v) is 0.697. The standard InChI is InChI=1S/C7H14N2O/c1-4-5-6(7(8)10)9(2)3/h5H,4H2,1-3H3,(H2,8,10)/b6-5+. The minimum atomic E-state index is -0.369. The average molecular weight is 142 g/mol. The molecule has 0 aromatic rings. The van der Waals surface area contributed by atoms with Crippen molar-refractivity contribution < 1.29 is 4.79 Å². The van der Waals surface area contributed by atoms with Gasteiger partial charge in [-0.3, -0.25) is 4.79 Å². The second kappa shape index (κ2) is 3.93. The van der Waals surface area contributed by atoms with E-state index >= 15 is 0 Å². The molecule has 58 valence electrons. The van der Waals surface area contributed by atoms with Crippen molar-refractivity contribution in [1.29, 1.82) is 0 Å². The Bertz CT molecular complexity index is 150. The second-order valence-corrected chi connectivity index (χ2v) is 2.26. The van der Waals surface area contributed by atoms with Gasteiger partial charge in [-0.1, -0.05) is 13.0 Å². The van der Waals surface area contributed by atoms with Crippen LogP contribution in [-0.4, -0.2) is 24.9 Å².